The maximum atomic E-state index is 10.8. The lowest BCUT2D eigenvalue weighted by molar-refractivity contribution is 0.173. The molecule has 2 rings (SSSR count). The van der Waals surface area contributed by atoms with Crippen LogP contribution in [0.1, 0.15) is 57.4 Å². The molecule has 27 heavy (non-hydrogen) atoms. The van der Waals surface area contributed by atoms with E-state index >= 15 is 0 Å². The summed E-state index contributed by atoms with van der Waals surface area (Å²) in [5, 5.41) is 3.88. The van der Waals surface area contributed by atoms with Gasteiger partial charge in [0, 0.05) is 24.0 Å². The number of unbranched alkanes of at least 4 members (excludes halogenated alkanes) is 5. The highest BCUT2D eigenvalue weighted by molar-refractivity contribution is 7.46. The smallest absolute Gasteiger partial charge is 0.469 e. The van der Waals surface area contributed by atoms with Crippen LogP contribution in [0.5, 0.6) is 5.75 Å². The van der Waals surface area contributed by atoms with Crippen LogP contribution in [-0.2, 0) is 15.5 Å². The highest BCUT2D eigenvalue weighted by Gasteiger charge is 2.28. The summed E-state index contributed by atoms with van der Waals surface area (Å²) in [5.74, 6) is 0.718. The summed E-state index contributed by atoms with van der Waals surface area (Å²) in [4.78, 5) is 17.5. The van der Waals surface area contributed by atoms with Gasteiger partial charge in [0.05, 0.1) is 6.61 Å². The number of phosphoric ester groups is 1. The molecule has 0 aliphatic carbocycles. The van der Waals surface area contributed by atoms with Gasteiger partial charge >= 0.3 is 7.82 Å². The van der Waals surface area contributed by atoms with Gasteiger partial charge in [-0.3, -0.25) is 4.52 Å². The van der Waals surface area contributed by atoms with Gasteiger partial charge in [-0.15, -0.1) is 0 Å². The van der Waals surface area contributed by atoms with Crippen molar-refractivity contribution in [2.24, 2.45) is 0 Å². The number of hydrogen-bond donors (Lipinski definition) is 3. The predicted octanol–water partition coefficient (Wildman–Crippen LogP) is 4.46. The van der Waals surface area contributed by atoms with E-state index in [1.165, 1.54) is 32.1 Å². The molecule has 1 saturated heterocycles. The van der Waals surface area contributed by atoms with Crippen LogP contribution in [0.15, 0.2) is 18.2 Å². The van der Waals surface area contributed by atoms with Crippen LogP contribution >= 0.6 is 19.4 Å². The van der Waals surface area contributed by atoms with Crippen molar-refractivity contribution >= 4 is 19.4 Å². The number of ether oxygens (including phenoxy) is 1. The summed E-state index contributed by atoms with van der Waals surface area (Å²) in [6.45, 7) is 2.79. The average molecular weight is 420 g/mol. The van der Waals surface area contributed by atoms with Gasteiger partial charge in [0.15, 0.2) is 0 Å². The molecule has 6 nitrogen and oxygen atoms in total. The van der Waals surface area contributed by atoms with Gasteiger partial charge in [0.1, 0.15) is 11.9 Å². The van der Waals surface area contributed by atoms with E-state index in [-0.39, 0.29) is 18.8 Å². The zero-order chi connectivity index (χ0) is 19.7. The maximum Gasteiger partial charge on any atom is 0.469 e. The Morgan fingerprint density at radius 1 is 1.22 bits per heavy atom. The molecule has 0 aromatic heterocycles. The van der Waals surface area contributed by atoms with E-state index in [0.717, 1.165) is 29.2 Å². The number of benzene rings is 1. The highest BCUT2D eigenvalue weighted by Crippen LogP contribution is 2.36. The first-order chi connectivity index (χ1) is 12.9. The van der Waals surface area contributed by atoms with E-state index in [2.05, 4.69) is 16.8 Å². The molecule has 2 atom stereocenters. The Labute approximate surface area is 166 Å². The van der Waals surface area contributed by atoms with Gasteiger partial charge < -0.3 is 19.8 Å². The lowest BCUT2D eigenvalue weighted by atomic mass is 10.0. The number of halogens is 1. The Balaban J connectivity index is 1.73. The first-order valence-corrected chi connectivity index (χ1v) is 11.7. The van der Waals surface area contributed by atoms with E-state index < -0.39 is 7.82 Å². The molecule has 1 fully saturated rings. The summed E-state index contributed by atoms with van der Waals surface area (Å²) < 4.78 is 21.3. The molecule has 1 aliphatic heterocycles. The van der Waals surface area contributed by atoms with Crippen LogP contribution in [0, 0.1) is 0 Å². The van der Waals surface area contributed by atoms with Crippen molar-refractivity contribution in [1.82, 2.24) is 5.32 Å². The van der Waals surface area contributed by atoms with Crippen LogP contribution in [0.25, 0.3) is 0 Å². The van der Waals surface area contributed by atoms with E-state index in [0.29, 0.717) is 13.0 Å². The van der Waals surface area contributed by atoms with Crippen molar-refractivity contribution in [3.63, 3.8) is 0 Å². The second-order valence-corrected chi connectivity index (χ2v) is 8.78. The topological polar surface area (TPSA) is 88.0 Å². The second kappa shape index (κ2) is 11.4. The van der Waals surface area contributed by atoms with Gasteiger partial charge in [-0.05, 0) is 30.5 Å². The van der Waals surface area contributed by atoms with E-state index in [4.69, 9.17) is 26.1 Å². The first-order valence-electron chi connectivity index (χ1n) is 9.76. The molecule has 1 aliphatic rings. The standard InChI is InChI=1S/C19H31ClNO5P/c1-2-3-4-5-6-7-8-15-9-10-17(12-19(15)20)26-18-11-16(21-13-18)14-25-27(22,23)24/h9-10,12,16,18,21H,2-8,11,13-14H2,1H3,(H2,22,23,24)/t16-,18-/m0/s1. The van der Waals surface area contributed by atoms with Crippen molar-refractivity contribution in [3.8, 4) is 5.75 Å². The Bertz CT molecular complexity index is 624. The molecular weight excluding hydrogens is 389 g/mol. The Morgan fingerprint density at radius 3 is 2.67 bits per heavy atom. The average Bonchev–Trinajstić information content (AvgIpc) is 3.05. The molecule has 0 unspecified atom stereocenters. The third-order valence-corrected chi connectivity index (χ3v) is 5.59. The van der Waals surface area contributed by atoms with Gasteiger partial charge in [-0.2, -0.15) is 0 Å². The molecule has 0 bridgehead atoms. The van der Waals surface area contributed by atoms with Crippen molar-refractivity contribution in [3.05, 3.63) is 28.8 Å². The lowest BCUT2D eigenvalue weighted by Gasteiger charge is -2.15. The highest BCUT2D eigenvalue weighted by atomic mass is 35.5. The molecule has 0 amide bonds. The van der Waals surface area contributed by atoms with Gasteiger partial charge in [-0.25, -0.2) is 4.57 Å². The van der Waals surface area contributed by atoms with Crippen LogP contribution in [0.2, 0.25) is 5.02 Å². The third kappa shape index (κ3) is 8.95. The van der Waals surface area contributed by atoms with Crippen LogP contribution in [-0.4, -0.2) is 35.1 Å². The van der Waals surface area contributed by atoms with Crippen molar-refractivity contribution in [2.45, 2.75) is 70.4 Å². The monoisotopic (exact) mass is 419 g/mol. The fourth-order valence-electron chi connectivity index (χ4n) is 3.28. The predicted molar refractivity (Wildman–Crippen MR) is 107 cm³/mol. The van der Waals surface area contributed by atoms with E-state index in [1.807, 2.05) is 18.2 Å². The number of aryl methyl sites for hydroxylation is 1. The van der Waals surface area contributed by atoms with Gasteiger partial charge in [0.2, 0.25) is 0 Å². The summed E-state index contributed by atoms with van der Waals surface area (Å²) in [6.07, 6.45) is 9.10. The minimum atomic E-state index is -4.43. The Kier molecular flexibility index (Phi) is 9.57. The fourth-order valence-corrected chi connectivity index (χ4v) is 3.92. The summed E-state index contributed by atoms with van der Waals surface area (Å²) in [7, 11) is -4.43. The second-order valence-electron chi connectivity index (χ2n) is 7.14. The molecule has 1 aromatic carbocycles. The molecule has 3 N–H and O–H groups in total. The van der Waals surface area contributed by atoms with Crippen LogP contribution in [0.3, 0.4) is 0 Å². The SMILES string of the molecule is CCCCCCCCc1ccc(O[C@@H]2CN[C@H](COP(=O)(O)O)C2)cc1Cl. The zero-order valence-corrected chi connectivity index (χ0v) is 17.6. The summed E-state index contributed by atoms with van der Waals surface area (Å²) in [6, 6.07) is 5.69. The number of rotatable bonds is 12. The number of nitrogens with one attached hydrogen (secondary N) is 1. The molecule has 0 saturated carbocycles. The van der Waals surface area contributed by atoms with E-state index in [1.54, 1.807) is 0 Å². The Hall–Kier alpha value is -0.620. The maximum absolute atomic E-state index is 10.8. The first kappa shape index (κ1) is 22.7. The molecule has 1 aromatic rings. The minimum absolute atomic E-state index is 0.0396. The third-order valence-electron chi connectivity index (χ3n) is 4.75. The lowest BCUT2D eigenvalue weighted by Crippen LogP contribution is -2.26. The minimum Gasteiger partial charge on any atom is -0.489 e. The molecule has 8 heteroatoms. The molecule has 0 spiro atoms. The van der Waals surface area contributed by atoms with Crippen molar-refractivity contribution in [2.75, 3.05) is 13.2 Å². The molecule has 154 valence electrons. The quantitative estimate of drug-likeness (QED) is 0.342. The van der Waals surface area contributed by atoms with E-state index in [9.17, 15) is 4.57 Å². The summed E-state index contributed by atoms with van der Waals surface area (Å²) >= 11 is 6.40. The van der Waals surface area contributed by atoms with Crippen molar-refractivity contribution < 1.29 is 23.6 Å². The van der Waals surface area contributed by atoms with Gasteiger partial charge in [-0.1, -0.05) is 56.7 Å². The molecular formula is C19H31ClNO5P. The number of phosphoric acid groups is 1. The zero-order valence-electron chi connectivity index (χ0n) is 15.9. The van der Waals surface area contributed by atoms with Crippen LogP contribution < -0.4 is 10.1 Å². The Morgan fingerprint density at radius 2 is 1.96 bits per heavy atom. The molecule has 0 radical (unpaired) electrons. The number of hydrogen-bond acceptors (Lipinski definition) is 4. The molecule has 1 heterocycles. The largest absolute Gasteiger partial charge is 0.489 e. The van der Waals surface area contributed by atoms with Crippen LogP contribution in [0.4, 0.5) is 0 Å². The van der Waals surface area contributed by atoms with Crippen molar-refractivity contribution in [1.29, 1.82) is 0 Å². The van der Waals surface area contributed by atoms with Gasteiger partial charge in [0.25, 0.3) is 0 Å². The fraction of sp³-hybridized carbons (Fsp3) is 0.684. The normalized spacial score (nSPS) is 20.1. The summed E-state index contributed by atoms with van der Waals surface area (Å²) in [5.41, 5.74) is 1.15.